The smallest absolute Gasteiger partial charge is 0.319 e. The second-order valence-electron chi connectivity index (χ2n) is 7.19. The number of hydrogen-bond acceptors (Lipinski definition) is 8. The van der Waals surface area contributed by atoms with Crippen LogP contribution in [0, 0.1) is 5.82 Å². The van der Waals surface area contributed by atoms with Gasteiger partial charge in [0.15, 0.2) is 11.5 Å². The summed E-state index contributed by atoms with van der Waals surface area (Å²) >= 11 is 0. The maximum absolute atomic E-state index is 13.1. The highest BCUT2D eigenvalue weighted by atomic mass is 19.1. The molecule has 0 aliphatic carbocycles. The van der Waals surface area contributed by atoms with Gasteiger partial charge in [0.05, 0.1) is 25.4 Å². The second kappa shape index (κ2) is 8.31. The van der Waals surface area contributed by atoms with Crippen LogP contribution in [0.2, 0.25) is 0 Å². The zero-order valence-electron chi connectivity index (χ0n) is 17.0. The van der Waals surface area contributed by atoms with E-state index >= 15 is 0 Å². The van der Waals surface area contributed by atoms with E-state index in [0.29, 0.717) is 30.0 Å². The van der Waals surface area contributed by atoms with Crippen LogP contribution in [0.4, 0.5) is 4.39 Å². The van der Waals surface area contributed by atoms with Crippen molar-refractivity contribution in [2.45, 2.75) is 18.4 Å². The summed E-state index contributed by atoms with van der Waals surface area (Å²) in [4.78, 5) is 22.6. The van der Waals surface area contributed by atoms with Crippen molar-refractivity contribution < 1.29 is 28.3 Å². The quantitative estimate of drug-likeness (QED) is 0.660. The van der Waals surface area contributed by atoms with E-state index in [0.717, 1.165) is 0 Å². The van der Waals surface area contributed by atoms with Gasteiger partial charge in [-0.15, -0.1) is 0 Å². The number of methoxy groups -OCH3 is 2. The molecule has 0 atom stereocenters. The zero-order chi connectivity index (χ0) is 22.0. The summed E-state index contributed by atoms with van der Waals surface area (Å²) in [5, 5.41) is 15.0. The Bertz CT molecular complexity index is 1080. The largest absolute Gasteiger partial charge is 0.481 e. The van der Waals surface area contributed by atoms with Gasteiger partial charge < -0.3 is 24.0 Å². The molecule has 1 N–H and O–H groups in total. The Hall–Kier alpha value is -3.53. The molecule has 9 nitrogen and oxygen atoms in total. The molecule has 162 valence electrons. The van der Waals surface area contributed by atoms with Crippen LogP contribution in [-0.2, 0) is 5.60 Å². The lowest BCUT2D eigenvalue weighted by molar-refractivity contribution is -0.0235. The third-order valence-electron chi connectivity index (χ3n) is 5.34. The van der Waals surface area contributed by atoms with Crippen LogP contribution in [0.3, 0.4) is 0 Å². The van der Waals surface area contributed by atoms with Crippen molar-refractivity contribution in [2.24, 2.45) is 0 Å². The Balaban J connectivity index is 1.46. The highest BCUT2D eigenvalue weighted by Gasteiger charge is 2.39. The third kappa shape index (κ3) is 4.06. The van der Waals surface area contributed by atoms with Crippen molar-refractivity contribution in [2.75, 3.05) is 27.3 Å². The average Bonchev–Trinajstić information content (AvgIpc) is 3.29. The fourth-order valence-corrected chi connectivity index (χ4v) is 3.56. The molecule has 1 fully saturated rings. The number of nitrogens with zero attached hydrogens (tertiary/aromatic N) is 4. The summed E-state index contributed by atoms with van der Waals surface area (Å²) < 4.78 is 28.6. The average molecular weight is 428 g/mol. The van der Waals surface area contributed by atoms with Gasteiger partial charge in [-0.05, 0) is 37.1 Å². The number of carbonyl (C=O) groups excluding carboxylic acids is 1. The molecule has 1 aliphatic rings. The molecule has 1 aromatic carbocycles. The predicted octanol–water partition coefficient (Wildman–Crippen LogP) is 2.41. The Morgan fingerprint density at radius 2 is 1.90 bits per heavy atom. The highest BCUT2D eigenvalue weighted by Crippen LogP contribution is 2.37. The zero-order valence-corrected chi connectivity index (χ0v) is 17.0. The SMILES string of the molecule is COc1ncc(C2(O)CCN(C(=O)c3cc(-c4ccc(F)cc4)on3)CC2)c(OC)n1. The van der Waals surface area contributed by atoms with Crippen LogP contribution in [0.5, 0.6) is 11.9 Å². The molecular weight excluding hydrogens is 407 g/mol. The van der Waals surface area contributed by atoms with Crippen LogP contribution >= 0.6 is 0 Å². The number of hydrogen-bond donors (Lipinski definition) is 1. The molecule has 0 unspecified atom stereocenters. The maximum atomic E-state index is 13.1. The van der Waals surface area contributed by atoms with E-state index in [9.17, 15) is 14.3 Å². The van der Waals surface area contributed by atoms with Gasteiger partial charge >= 0.3 is 6.01 Å². The summed E-state index contributed by atoms with van der Waals surface area (Å²) in [7, 11) is 2.90. The molecule has 1 amide bonds. The minimum absolute atomic E-state index is 0.139. The molecular formula is C21H21FN4O5. The van der Waals surface area contributed by atoms with E-state index in [1.807, 2.05) is 0 Å². The standard InChI is InChI=1S/C21H21FN4O5/c1-29-18-15(12-23-20(24-18)30-2)21(28)7-9-26(10-8-21)19(27)16-11-17(31-25-16)13-3-5-14(22)6-4-13/h3-6,11-12,28H,7-10H2,1-2H3. The van der Waals surface area contributed by atoms with Crippen molar-refractivity contribution in [1.82, 2.24) is 20.0 Å². The molecule has 2 aromatic heterocycles. The molecule has 10 heteroatoms. The molecule has 0 saturated carbocycles. The summed E-state index contributed by atoms with van der Waals surface area (Å²) in [5.41, 5.74) is -0.0251. The van der Waals surface area contributed by atoms with Crippen LogP contribution in [-0.4, -0.2) is 58.3 Å². The van der Waals surface area contributed by atoms with Crippen LogP contribution in [0.1, 0.15) is 28.9 Å². The van der Waals surface area contributed by atoms with E-state index in [2.05, 4.69) is 15.1 Å². The first-order chi connectivity index (χ1) is 14.9. The van der Waals surface area contributed by atoms with Gasteiger partial charge in [-0.25, -0.2) is 9.37 Å². The lowest BCUT2D eigenvalue weighted by atomic mass is 9.85. The monoisotopic (exact) mass is 428 g/mol. The number of aromatic nitrogens is 3. The van der Waals surface area contributed by atoms with Gasteiger partial charge in [-0.3, -0.25) is 4.79 Å². The molecule has 1 aliphatic heterocycles. The van der Waals surface area contributed by atoms with Gasteiger partial charge in [0.2, 0.25) is 5.88 Å². The Morgan fingerprint density at radius 3 is 2.55 bits per heavy atom. The van der Waals surface area contributed by atoms with Gasteiger partial charge in [-0.2, -0.15) is 4.98 Å². The molecule has 4 rings (SSSR count). The highest BCUT2D eigenvalue weighted by molar-refractivity contribution is 5.93. The number of aliphatic hydroxyl groups is 1. The Labute approximate surface area is 177 Å². The van der Waals surface area contributed by atoms with Crippen molar-refractivity contribution in [3.05, 3.63) is 53.6 Å². The number of carbonyl (C=O) groups is 1. The van der Waals surface area contributed by atoms with E-state index in [1.165, 1.54) is 38.6 Å². The molecule has 31 heavy (non-hydrogen) atoms. The van der Waals surface area contributed by atoms with E-state index in [-0.39, 0.29) is 42.2 Å². The van der Waals surface area contributed by atoms with E-state index < -0.39 is 5.60 Å². The number of piperidine rings is 1. The number of amides is 1. The fourth-order valence-electron chi connectivity index (χ4n) is 3.56. The summed E-state index contributed by atoms with van der Waals surface area (Å²) in [6.07, 6.45) is 2.02. The molecule has 1 saturated heterocycles. The molecule has 0 spiro atoms. The number of rotatable bonds is 5. The molecule has 3 heterocycles. The summed E-state index contributed by atoms with van der Waals surface area (Å²) in [6, 6.07) is 7.38. The predicted molar refractivity (Wildman–Crippen MR) is 106 cm³/mol. The minimum atomic E-state index is -1.24. The van der Waals surface area contributed by atoms with Crippen LogP contribution in [0.15, 0.2) is 41.1 Å². The lowest BCUT2D eigenvalue weighted by Gasteiger charge is -2.38. The van der Waals surface area contributed by atoms with Crippen molar-refractivity contribution in [3.8, 4) is 23.2 Å². The van der Waals surface area contributed by atoms with Gasteiger partial charge in [0, 0.05) is 30.9 Å². The minimum Gasteiger partial charge on any atom is -0.481 e. The van der Waals surface area contributed by atoms with Crippen LogP contribution < -0.4 is 9.47 Å². The lowest BCUT2D eigenvalue weighted by Crippen LogP contribution is -2.45. The maximum Gasteiger partial charge on any atom is 0.319 e. The first kappa shape index (κ1) is 20.7. The van der Waals surface area contributed by atoms with Crippen LogP contribution in [0.25, 0.3) is 11.3 Å². The first-order valence-electron chi connectivity index (χ1n) is 9.63. The number of benzene rings is 1. The Morgan fingerprint density at radius 1 is 1.19 bits per heavy atom. The molecule has 0 radical (unpaired) electrons. The molecule has 0 bridgehead atoms. The summed E-state index contributed by atoms with van der Waals surface area (Å²) in [5.74, 6) is -0.0667. The van der Waals surface area contributed by atoms with Crippen molar-refractivity contribution in [1.29, 1.82) is 0 Å². The van der Waals surface area contributed by atoms with E-state index in [4.69, 9.17) is 14.0 Å². The molecule has 3 aromatic rings. The normalized spacial score (nSPS) is 15.5. The first-order valence-corrected chi connectivity index (χ1v) is 9.63. The topological polar surface area (TPSA) is 111 Å². The number of halogens is 1. The van der Waals surface area contributed by atoms with Gasteiger partial charge in [0.1, 0.15) is 5.82 Å². The van der Waals surface area contributed by atoms with Crippen molar-refractivity contribution >= 4 is 5.91 Å². The Kier molecular flexibility index (Phi) is 5.55. The van der Waals surface area contributed by atoms with Gasteiger partial charge in [0.25, 0.3) is 5.91 Å². The van der Waals surface area contributed by atoms with Gasteiger partial charge in [-0.1, -0.05) is 5.16 Å². The van der Waals surface area contributed by atoms with E-state index in [1.54, 1.807) is 17.0 Å². The second-order valence-corrected chi connectivity index (χ2v) is 7.19. The number of ether oxygens (including phenoxy) is 2. The summed E-state index contributed by atoms with van der Waals surface area (Å²) in [6.45, 7) is 0.590. The fraction of sp³-hybridized carbons (Fsp3) is 0.333. The number of likely N-dealkylation sites (tertiary alicyclic amines) is 1. The third-order valence-corrected chi connectivity index (χ3v) is 5.34. The van der Waals surface area contributed by atoms with Crippen molar-refractivity contribution in [3.63, 3.8) is 0 Å².